The molecule has 7 nitrogen and oxygen atoms in total. The van der Waals surface area contributed by atoms with Crippen molar-refractivity contribution >= 4 is 28.8 Å². The molecule has 7 heteroatoms. The largest absolute Gasteiger partial charge is 0.506 e. The zero-order valence-corrected chi connectivity index (χ0v) is 21.0. The molecule has 3 aromatic carbocycles. The van der Waals surface area contributed by atoms with Crippen molar-refractivity contribution in [1.29, 1.82) is 0 Å². The first-order valence-electron chi connectivity index (χ1n) is 12.5. The monoisotopic (exact) mass is 498 g/mol. The van der Waals surface area contributed by atoms with Gasteiger partial charge in [-0.2, -0.15) is 0 Å². The summed E-state index contributed by atoms with van der Waals surface area (Å²) in [6, 6.07) is 21.2. The van der Waals surface area contributed by atoms with E-state index in [0.29, 0.717) is 22.7 Å². The van der Waals surface area contributed by atoms with E-state index in [2.05, 4.69) is 4.90 Å². The number of anilines is 2. The molecule has 2 fully saturated rings. The lowest BCUT2D eigenvalue weighted by atomic mass is 9.94. The molecule has 37 heavy (non-hydrogen) atoms. The van der Waals surface area contributed by atoms with Gasteiger partial charge in [-0.15, -0.1) is 0 Å². The summed E-state index contributed by atoms with van der Waals surface area (Å²) in [7, 11) is 2.95. The number of ether oxygens (including phenoxy) is 2. The SMILES string of the molecule is COc1cccc(OC)c1/C(O)=C1\C(=O)C(=O)N(c2ccc(N3CCCCC3)cc2)C1c1ccccc1. The molecule has 2 heterocycles. The Morgan fingerprint density at radius 2 is 1.38 bits per heavy atom. The standard InChI is InChI=1S/C30H30N2O5/c1-36-23-12-9-13-24(37-2)25(23)28(33)26-27(20-10-5-3-6-11-20)32(30(35)29(26)34)22-16-14-21(15-17-22)31-18-7-4-8-19-31/h3,5-6,9-17,27,33H,4,7-8,18-19H2,1-2H3/b28-26+. The van der Waals surface area contributed by atoms with Crippen LogP contribution < -0.4 is 19.3 Å². The van der Waals surface area contributed by atoms with E-state index in [1.165, 1.54) is 25.5 Å². The molecule has 3 aromatic rings. The summed E-state index contributed by atoms with van der Waals surface area (Å²) in [6.45, 7) is 2.02. The highest BCUT2D eigenvalue weighted by atomic mass is 16.5. The number of Topliss-reactive ketones (excluding diaryl/α,β-unsaturated/α-hetero) is 1. The first kappa shape index (κ1) is 24.4. The van der Waals surface area contributed by atoms with E-state index in [9.17, 15) is 14.7 Å². The Bertz CT molecular complexity index is 1310. The molecule has 2 aliphatic rings. The second-order valence-corrected chi connectivity index (χ2v) is 9.18. The minimum atomic E-state index is -0.823. The van der Waals surface area contributed by atoms with Gasteiger partial charge in [-0.05, 0) is 61.2 Å². The summed E-state index contributed by atoms with van der Waals surface area (Å²) in [6.07, 6.45) is 3.57. The highest BCUT2D eigenvalue weighted by Crippen LogP contribution is 2.45. The number of carbonyl (C=O) groups excluding carboxylic acids is 2. The van der Waals surface area contributed by atoms with Crippen molar-refractivity contribution in [2.24, 2.45) is 0 Å². The number of ketones is 1. The highest BCUT2D eigenvalue weighted by Gasteiger charge is 2.47. The van der Waals surface area contributed by atoms with Crippen LogP contribution in [0.25, 0.3) is 5.76 Å². The maximum Gasteiger partial charge on any atom is 0.300 e. The lowest BCUT2D eigenvalue weighted by Gasteiger charge is -2.30. The number of amides is 1. The van der Waals surface area contributed by atoms with Crippen molar-refractivity contribution in [1.82, 2.24) is 0 Å². The van der Waals surface area contributed by atoms with Crippen molar-refractivity contribution in [3.8, 4) is 11.5 Å². The molecule has 2 saturated heterocycles. The van der Waals surface area contributed by atoms with Crippen molar-refractivity contribution in [2.75, 3.05) is 37.1 Å². The number of hydrogen-bond acceptors (Lipinski definition) is 6. The second kappa shape index (κ2) is 10.4. The minimum absolute atomic E-state index is 0.0147. The Balaban J connectivity index is 1.64. The number of methoxy groups -OCH3 is 2. The predicted octanol–water partition coefficient (Wildman–Crippen LogP) is 5.32. The molecule has 0 spiro atoms. The zero-order chi connectivity index (χ0) is 25.9. The predicted molar refractivity (Wildman–Crippen MR) is 143 cm³/mol. The number of hydrogen-bond donors (Lipinski definition) is 1. The van der Waals surface area contributed by atoms with Gasteiger partial charge in [-0.25, -0.2) is 0 Å². The van der Waals surface area contributed by atoms with Crippen LogP contribution in [0.3, 0.4) is 0 Å². The van der Waals surface area contributed by atoms with Crippen LogP contribution in [0, 0.1) is 0 Å². The van der Waals surface area contributed by atoms with Gasteiger partial charge >= 0.3 is 0 Å². The molecule has 0 bridgehead atoms. The van der Waals surface area contributed by atoms with Crippen LogP contribution in [-0.4, -0.2) is 44.1 Å². The average Bonchev–Trinajstić information content (AvgIpc) is 3.23. The molecule has 5 rings (SSSR count). The summed E-state index contributed by atoms with van der Waals surface area (Å²) < 4.78 is 10.9. The van der Waals surface area contributed by atoms with Crippen LogP contribution in [0.1, 0.15) is 36.4 Å². The molecule has 2 aliphatic heterocycles. The van der Waals surface area contributed by atoms with Gasteiger partial charge in [0, 0.05) is 24.5 Å². The molecule has 0 aliphatic carbocycles. The molecule has 0 saturated carbocycles. The van der Waals surface area contributed by atoms with Crippen LogP contribution in [0.15, 0.2) is 78.4 Å². The van der Waals surface area contributed by atoms with Gasteiger partial charge in [-0.3, -0.25) is 14.5 Å². The van der Waals surface area contributed by atoms with Gasteiger partial charge in [0.1, 0.15) is 22.8 Å². The van der Waals surface area contributed by atoms with Crippen molar-refractivity contribution in [3.05, 3.63) is 89.5 Å². The summed E-state index contributed by atoms with van der Waals surface area (Å²) >= 11 is 0. The van der Waals surface area contributed by atoms with Gasteiger partial charge in [0.2, 0.25) is 0 Å². The maximum atomic E-state index is 13.5. The van der Waals surface area contributed by atoms with Crippen LogP contribution in [-0.2, 0) is 9.59 Å². The first-order valence-corrected chi connectivity index (χ1v) is 12.5. The van der Waals surface area contributed by atoms with E-state index in [1.807, 2.05) is 54.6 Å². The summed E-state index contributed by atoms with van der Waals surface area (Å²) in [5.74, 6) is -1.13. The van der Waals surface area contributed by atoms with Crippen molar-refractivity contribution < 1.29 is 24.2 Å². The fourth-order valence-corrected chi connectivity index (χ4v) is 5.24. The maximum absolute atomic E-state index is 13.5. The molecule has 1 amide bonds. The van der Waals surface area contributed by atoms with Crippen LogP contribution >= 0.6 is 0 Å². The normalized spacial score (nSPS) is 19.2. The molecule has 1 atom stereocenters. The first-order chi connectivity index (χ1) is 18.0. The van der Waals surface area contributed by atoms with E-state index in [0.717, 1.165) is 31.6 Å². The van der Waals surface area contributed by atoms with E-state index < -0.39 is 17.7 Å². The molecule has 1 N–H and O–H groups in total. The van der Waals surface area contributed by atoms with Crippen molar-refractivity contribution in [2.45, 2.75) is 25.3 Å². The van der Waals surface area contributed by atoms with Crippen molar-refractivity contribution in [3.63, 3.8) is 0 Å². The lowest BCUT2D eigenvalue weighted by Crippen LogP contribution is -2.30. The number of aliphatic hydroxyl groups excluding tert-OH is 1. The molecular formula is C30H30N2O5. The smallest absolute Gasteiger partial charge is 0.300 e. The average molecular weight is 499 g/mol. The quantitative estimate of drug-likeness (QED) is 0.282. The van der Waals surface area contributed by atoms with Gasteiger partial charge in [-0.1, -0.05) is 36.4 Å². The van der Waals surface area contributed by atoms with E-state index in [1.54, 1.807) is 18.2 Å². The Morgan fingerprint density at radius 1 is 0.784 bits per heavy atom. The second-order valence-electron chi connectivity index (χ2n) is 9.18. The summed E-state index contributed by atoms with van der Waals surface area (Å²) in [5.41, 5.74) is 2.60. The van der Waals surface area contributed by atoms with Crippen LogP contribution in [0.2, 0.25) is 0 Å². The Labute approximate surface area is 216 Å². The fourth-order valence-electron chi connectivity index (χ4n) is 5.24. The molecule has 190 valence electrons. The fraction of sp³-hybridized carbons (Fsp3) is 0.267. The van der Waals surface area contributed by atoms with E-state index in [-0.39, 0.29) is 16.9 Å². The summed E-state index contributed by atoms with van der Waals surface area (Å²) in [4.78, 5) is 30.8. The zero-order valence-electron chi connectivity index (χ0n) is 21.0. The number of carbonyl (C=O) groups is 2. The van der Waals surface area contributed by atoms with E-state index in [4.69, 9.17) is 9.47 Å². The Hall–Kier alpha value is -4.26. The number of rotatable bonds is 6. The Kier molecular flexibility index (Phi) is 6.86. The number of piperidine rings is 1. The van der Waals surface area contributed by atoms with E-state index >= 15 is 0 Å². The molecule has 1 unspecified atom stereocenters. The Morgan fingerprint density at radius 3 is 1.97 bits per heavy atom. The number of aliphatic hydroxyl groups is 1. The summed E-state index contributed by atoms with van der Waals surface area (Å²) in [5, 5.41) is 11.6. The molecule has 0 radical (unpaired) electrons. The topological polar surface area (TPSA) is 79.3 Å². The third-order valence-electron chi connectivity index (χ3n) is 7.07. The van der Waals surface area contributed by atoms with Gasteiger partial charge in [0.05, 0.1) is 25.8 Å². The van der Waals surface area contributed by atoms with Crippen LogP contribution in [0.5, 0.6) is 11.5 Å². The third kappa shape index (κ3) is 4.42. The van der Waals surface area contributed by atoms with Gasteiger partial charge in [0.25, 0.3) is 11.7 Å². The highest BCUT2D eigenvalue weighted by molar-refractivity contribution is 6.51. The van der Waals surface area contributed by atoms with Crippen LogP contribution in [0.4, 0.5) is 11.4 Å². The van der Waals surface area contributed by atoms with Gasteiger partial charge < -0.3 is 19.5 Å². The van der Waals surface area contributed by atoms with Gasteiger partial charge in [0.15, 0.2) is 0 Å². The third-order valence-corrected chi connectivity index (χ3v) is 7.07. The minimum Gasteiger partial charge on any atom is -0.506 e. The number of benzene rings is 3. The molecule has 0 aromatic heterocycles. The molecular weight excluding hydrogens is 468 g/mol. The lowest BCUT2D eigenvalue weighted by molar-refractivity contribution is -0.132. The number of nitrogens with zero attached hydrogens (tertiary/aromatic N) is 2.